The second kappa shape index (κ2) is 15.4. The minimum atomic E-state index is -0.318. The first-order valence-electron chi connectivity index (χ1n) is 5.98. The molecule has 0 aliphatic heterocycles. The van der Waals surface area contributed by atoms with Gasteiger partial charge in [0, 0.05) is 20.1 Å². The molecule has 1 N–H and O–H groups in total. The Morgan fingerprint density at radius 3 is 2.29 bits per heavy atom. The molecular weight excluding hydrogens is 224 g/mol. The summed E-state index contributed by atoms with van der Waals surface area (Å²) in [6.45, 7) is 7.58. The quantitative estimate of drug-likeness (QED) is 0.521. The largest absolute Gasteiger partial charge is 0.463 e. The number of methoxy groups -OCH3 is 1. The summed E-state index contributed by atoms with van der Waals surface area (Å²) in [6, 6.07) is 0. The number of hydrogen-bond donors (Lipinski definition) is 1. The molecule has 1 unspecified atom stereocenters. The fourth-order valence-corrected chi connectivity index (χ4v) is 0.739. The van der Waals surface area contributed by atoms with Crippen LogP contribution in [0.15, 0.2) is 0 Å². The Kier molecular flexibility index (Phi) is 16.9. The van der Waals surface area contributed by atoms with E-state index in [0.717, 1.165) is 13.0 Å². The van der Waals surface area contributed by atoms with E-state index in [0.29, 0.717) is 26.2 Å². The molecule has 0 aromatic carbocycles. The van der Waals surface area contributed by atoms with Gasteiger partial charge in [-0.2, -0.15) is 0 Å². The normalized spacial score (nSPS) is 11.4. The number of rotatable bonds is 8. The van der Waals surface area contributed by atoms with Crippen molar-refractivity contribution in [3.8, 4) is 0 Å². The lowest BCUT2D eigenvalue weighted by Gasteiger charge is -2.02. The summed E-state index contributed by atoms with van der Waals surface area (Å²) in [5.41, 5.74) is 0. The first-order valence-corrected chi connectivity index (χ1v) is 5.98. The van der Waals surface area contributed by atoms with Gasteiger partial charge in [0.15, 0.2) is 0 Å². The van der Waals surface area contributed by atoms with E-state index < -0.39 is 0 Å². The van der Waals surface area contributed by atoms with Crippen molar-refractivity contribution in [3.63, 3.8) is 0 Å². The van der Waals surface area contributed by atoms with Gasteiger partial charge in [-0.05, 0) is 13.3 Å². The summed E-state index contributed by atoms with van der Waals surface area (Å²) >= 11 is 0. The maximum absolute atomic E-state index is 10.4. The van der Waals surface area contributed by atoms with Crippen LogP contribution in [0.5, 0.6) is 0 Å². The number of hydrogen-bond acceptors (Lipinski definition) is 5. The molecule has 5 nitrogen and oxygen atoms in total. The third kappa shape index (κ3) is 21.2. The van der Waals surface area contributed by atoms with Crippen molar-refractivity contribution < 1.29 is 24.1 Å². The zero-order chi connectivity index (χ0) is 13.5. The maximum atomic E-state index is 10.4. The van der Waals surface area contributed by atoms with Gasteiger partial charge in [-0.3, -0.25) is 4.79 Å². The predicted molar refractivity (Wildman–Crippen MR) is 65.9 cm³/mol. The van der Waals surface area contributed by atoms with Crippen LogP contribution in [0.1, 0.15) is 33.6 Å². The Bertz CT molecular complexity index is 159. The maximum Gasteiger partial charge on any atom is 0.305 e. The zero-order valence-electron chi connectivity index (χ0n) is 11.4. The highest BCUT2D eigenvalue weighted by Gasteiger charge is 1.94. The molecule has 0 aromatic rings. The molecule has 0 fully saturated rings. The van der Waals surface area contributed by atoms with E-state index in [-0.39, 0.29) is 12.1 Å². The molecule has 0 aliphatic rings. The molecule has 104 valence electrons. The van der Waals surface area contributed by atoms with E-state index in [1.807, 2.05) is 6.92 Å². The highest BCUT2D eigenvalue weighted by atomic mass is 16.6. The average Bonchev–Trinajstić information content (AvgIpc) is 2.30. The summed E-state index contributed by atoms with van der Waals surface area (Å²) in [5.74, 6) is -0.174. The minimum Gasteiger partial charge on any atom is -0.463 e. The highest BCUT2D eigenvalue weighted by Crippen LogP contribution is 1.84. The number of ether oxygens (including phenoxy) is 3. The Hall–Kier alpha value is -0.650. The number of carbonyl (C=O) groups is 1. The van der Waals surface area contributed by atoms with Gasteiger partial charge in [0.25, 0.3) is 0 Å². The van der Waals surface area contributed by atoms with Crippen LogP contribution in [0.4, 0.5) is 0 Å². The molecule has 5 heteroatoms. The highest BCUT2D eigenvalue weighted by molar-refractivity contribution is 5.68. The topological polar surface area (TPSA) is 65.0 Å². The van der Waals surface area contributed by atoms with Gasteiger partial charge in [-0.1, -0.05) is 13.8 Å². The molecule has 0 amide bonds. The van der Waals surface area contributed by atoms with Crippen LogP contribution < -0.4 is 0 Å². The second-order valence-electron chi connectivity index (χ2n) is 3.49. The number of esters is 1. The Morgan fingerprint density at radius 1 is 1.24 bits per heavy atom. The fourth-order valence-electron chi connectivity index (χ4n) is 0.739. The summed E-state index contributed by atoms with van der Waals surface area (Å²) < 4.78 is 14.3. The third-order valence-electron chi connectivity index (χ3n) is 1.55. The van der Waals surface area contributed by atoms with Crippen molar-refractivity contribution in [1.82, 2.24) is 0 Å². The van der Waals surface area contributed by atoms with Gasteiger partial charge in [0.1, 0.15) is 6.61 Å². The lowest BCUT2D eigenvalue weighted by Crippen LogP contribution is -2.10. The van der Waals surface area contributed by atoms with Gasteiger partial charge < -0.3 is 19.3 Å². The first kappa shape index (κ1) is 18.7. The number of carbonyl (C=O) groups excluding carboxylic acids is 1. The van der Waals surface area contributed by atoms with E-state index >= 15 is 0 Å². The molecule has 1 atom stereocenters. The summed E-state index contributed by atoms with van der Waals surface area (Å²) in [7, 11) is 1.57. The van der Waals surface area contributed by atoms with Gasteiger partial charge in [0.2, 0.25) is 0 Å². The summed E-state index contributed by atoms with van der Waals surface area (Å²) in [4.78, 5) is 10.4. The lowest BCUT2D eigenvalue weighted by atomic mass is 10.4. The predicted octanol–water partition coefficient (Wildman–Crippen LogP) is 1.38. The molecule has 0 radical (unpaired) electrons. The molecule has 0 rings (SSSR count). The van der Waals surface area contributed by atoms with Crippen LogP contribution in [0, 0.1) is 0 Å². The van der Waals surface area contributed by atoms with Crippen LogP contribution in [0.3, 0.4) is 0 Å². The first-order chi connectivity index (χ1) is 8.08. The Labute approximate surface area is 104 Å². The minimum absolute atomic E-state index is 0.174. The summed E-state index contributed by atoms with van der Waals surface area (Å²) in [5, 5.41) is 8.65. The van der Waals surface area contributed by atoms with Crippen LogP contribution in [-0.4, -0.2) is 50.7 Å². The number of aliphatic hydroxyl groups excluding tert-OH is 1. The SMILES string of the molecule is CCC(=O)OCCOC.CCCOCC(C)O. The average molecular weight is 250 g/mol. The standard InChI is InChI=1S/C6H12O3.C6H14O2/c1-3-6(7)9-5-4-8-2;1-3-4-8-5-6(2)7/h3-5H2,1-2H3;6-7H,3-5H2,1-2H3. The third-order valence-corrected chi connectivity index (χ3v) is 1.55. The lowest BCUT2D eigenvalue weighted by molar-refractivity contribution is -0.144. The molecule has 0 spiro atoms. The molecule has 0 bridgehead atoms. The van der Waals surface area contributed by atoms with Crippen molar-refractivity contribution in [3.05, 3.63) is 0 Å². The van der Waals surface area contributed by atoms with Crippen molar-refractivity contribution >= 4 is 5.97 Å². The van der Waals surface area contributed by atoms with E-state index in [4.69, 9.17) is 9.84 Å². The van der Waals surface area contributed by atoms with Gasteiger partial charge in [-0.25, -0.2) is 0 Å². The van der Waals surface area contributed by atoms with Crippen molar-refractivity contribution in [2.45, 2.75) is 39.7 Å². The smallest absolute Gasteiger partial charge is 0.305 e. The van der Waals surface area contributed by atoms with E-state index in [2.05, 4.69) is 9.47 Å². The van der Waals surface area contributed by atoms with Crippen molar-refractivity contribution in [2.75, 3.05) is 33.5 Å². The van der Waals surface area contributed by atoms with E-state index in [1.54, 1.807) is 21.0 Å². The Balaban J connectivity index is 0. The Morgan fingerprint density at radius 2 is 1.88 bits per heavy atom. The van der Waals surface area contributed by atoms with E-state index in [1.165, 1.54) is 0 Å². The molecule has 0 saturated carbocycles. The van der Waals surface area contributed by atoms with Crippen LogP contribution in [0.25, 0.3) is 0 Å². The van der Waals surface area contributed by atoms with Crippen LogP contribution in [-0.2, 0) is 19.0 Å². The molecule has 0 aromatic heterocycles. The van der Waals surface area contributed by atoms with Crippen molar-refractivity contribution in [2.24, 2.45) is 0 Å². The number of aliphatic hydroxyl groups is 1. The van der Waals surface area contributed by atoms with Gasteiger partial charge >= 0.3 is 5.97 Å². The monoisotopic (exact) mass is 250 g/mol. The molecule has 0 heterocycles. The van der Waals surface area contributed by atoms with Crippen molar-refractivity contribution in [1.29, 1.82) is 0 Å². The van der Waals surface area contributed by atoms with Crippen LogP contribution >= 0.6 is 0 Å². The summed E-state index contributed by atoms with van der Waals surface area (Å²) in [6.07, 6.45) is 1.14. The van der Waals surface area contributed by atoms with Gasteiger partial charge in [0.05, 0.1) is 19.3 Å². The fraction of sp³-hybridized carbons (Fsp3) is 0.917. The zero-order valence-corrected chi connectivity index (χ0v) is 11.4. The molecule has 17 heavy (non-hydrogen) atoms. The molecule has 0 saturated heterocycles. The van der Waals surface area contributed by atoms with Gasteiger partial charge in [-0.15, -0.1) is 0 Å². The molecule has 0 aliphatic carbocycles. The second-order valence-corrected chi connectivity index (χ2v) is 3.49. The van der Waals surface area contributed by atoms with Crippen LogP contribution in [0.2, 0.25) is 0 Å². The van der Waals surface area contributed by atoms with E-state index in [9.17, 15) is 4.79 Å². The molecular formula is C12H26O5.